The summed E-state index contributed by atoms with van der Waals surface area (Å²) in [6, 6.07) is 11.9. The van der Waals surface area contributed by atoms with Crippen LogP contribution in [-0.2, 0) is 31.4 Å². The highest BCUT2D eigenvalue weighted by Gasteiger charge is 2.34. The Balaban J connectivity index is 1.60. The minimum Gasteiger partial charge on any atom is -0.468 e. The number of thioether (sulfide) groups is 1. The van der Waals surface area contributed by atoms with Crippen molar-refractivity contribution in [2.45, 2.75) is 31.1 Å². The molecule has 2 aromatic rings. The molecule has 8 nitrogen and oxygen atoms in total. The standard InChI is InChI=1S/C20H20N2O6S/c23-17(13-29-12-15-7-4-10-27-15)16(11-14-5-2-1-3-6-14)21-20(26)28-22-18(24)8-9-19(22)25/h1-7,10,16H,8-9,11-13H2,(H,21,26)/t16-/m0/s1. The fourth-order valence-corrected chi connectivity index (χ4v) is 3.62. The van der Waals surface area contributed by atoms with Crippen molar-refractivity contribution in [3.63, 3.8) is 0 Å². The van der Waals surface area contributed by atoms with Crippen molar-refractivity contribution < 1.29 is 28.4 Å². The quantitative estimate of drug-likeness (QED) is 0.626. The maximum atomic E-state index is 12.7. The SMILES string of the molecule is O=C(N[C@@H](Cc1ccccc1)C(=O)CSCc1ccco1)ON1C(=O)CCC1=O. The zero-order valence-electron chi connectivity index (χ0n) is 15.5. The highest BCUT2D eigenvalue weighted by Crippen LogP contribution is 2.15. The van der Waals surface area contributed by atoms with Gasteiger partial charge in [-0.25, -0.2) is 4.79 Å². The molecule has 29 heavy (non-hydrogen) atoms. The van der Waals surface area contributed by atoms with E-state index in [1.807, 2.05) is 36.4 Å². The summed E-state index contributed by atoms with van der Waals surface area (Å²) >= 11 is 1.36. The smallest absolute Gasteiger partial charge is 0.432 e. The molecule has 9 heteroatoms. The van der Waals surface area contributed by atoms with E-state index >= 15 is 0 Å². The summed E-state index contributed by atoms with van der Waals surface area (Å²) < 4.78 is 5.24. The number of hydrogen-bond acceptors (Lipinski definition) is 7. The molecule has 3 amide bonds. The molecule has 0 spiro atoms. The lowest BCUT2D eigenvalue weighted by Gasteiger charge is -2.19. The molecule has 1 aromatic carbocycles. The lowest BCUT2D eigenvalue weighted by molar-refractivity contribution is -0.171. The van der Waals surface area contributed by atoms with Crippen molar-refractivity contribution in [1.29, 1.82) is 0 Å². The minimum atomic E-state index is -1.01. The van der Waals surface area contributed by atoms with Crippen LogP contribution in [-0.4, -0.2) is 40.5 Å². The van der Waals surface area contributed by atoms with Crippen molar-refractivity contribution in [1.82, 2.24) is 10.4 Å². The van der Waals surface area contributed by atoms with Gasteiger partial charge < -0.3 is 14.6 Å². The van der Waals surface area contributed by atoms with E-state index < -0.39 is 23.9 Å². The summed E-state index contributed by atoms with van der Waals surface area (Å²) in [5, 5.41) is 2.93. The molecule has 1 fully saturated rings. The van der Waals surface area contributed by atoms with Gasteiger partial charge in [-0.1, -0.05) is 30.3 Å². The first kappa shape index (κ1) is 20.7. The predicted octanol–water partition coefficient (Wildman–Crippen LogP) is 2.48. The summed E-state index contributed by atoms with van der Waals surface area (Å²) in [4.78, 5) is 52.9. The molecule has 1 aromatic heterocycles. The van der Waals surface area contributed by atoms with E-state index in [0.29, 0.717) is 10.8 Å². The molecule has 3 rings (SSSR count). The van der Waals surface area contributed by atoms with Crippen molar-refractivity contribution in [3.8, 4) is 0 Å². The molecule has 0 radical (unpaired) electrons. The Bertz CT molecular complexity index is 852. The Morgan fingerprint density at radius 1 is 1.10 bits per heavy atom. The monoisotopic (exact) mass is 416 g/mol. The maximum Gasteiger partial charge on any atom is 0.432 e. The molecule has 0 unspecified atom stereocenters. The molecule has 1 saturated heterocycles. The number of benzene rings is 1. The number of nitrogens with zero attached hydrogens (tertiary/aromatic N) is 1. The second kappa shape index (κ2) is 9.92. The summed E-state index contributed by atoms with van der Waals surface area (Å²) in [6.07, 6.45) is 0.815. The van der Waals surface area contributed by atoms with E-state index in [2.05, 4.69) is 5.32 Å². The van der Waals surface area contributed by atoms with Crippen LogP contribution in [0, 0.1) is 0 Å². The first-order valence-corrected chi connectivity index (χ1v) is 10.2. The number of ketones is 1. The van der Waals surface area contributed by atoms with Crippen LogP contribution in [0.25, 0.3) is 0 Å². The van der Waals surface area contributed by atoms with E-state index in [1.54, 1.807) is 12.3 Å². The zero-order chi connectivity index (χ0) is 20.6. The number of hydroxylamine groups is 2. The fraction of sp³-hybridized carbons (Fsp3) is 0.300. The van der Waals surface area contributed by atoms with Gasteiger partial charge in [0, 0.05) is 12.8 Å². The normalized spacial score (nSPS) is 14.7. The van der Waals surface area contributed by atoms with Gasteiger partial charge in [-0.3, -0.25) is 14.4 Å². The van der Waals surface area contributed by atoms with Gasteiger partial charge in [-0.2, -0.15) is 0 Å². The number of rotatable bonds is 9. The number of carbonyl (C=O) groups excluding carboxylic acids is 4. The average Bonchev–Trinajstić information content (AvgIpc) is 3.34. The van der Waals surface area contributed by atoms with Gasteiger partial charge in [-0.15, -0.1) is 16.8 Å². The van der Waals surface area contributed by atoms with Crippen LogP contribution in [0.15, 0.2) is 53.1 Å². The molecule has 0 aliphatic carbocycles. The molecule has 1 aliphatic rings. The Morgan fingerprint density at radius 2 is 1.83 bits per heavy atom. The third kappa shape index (κ3) is 5.95. The molecule has 1 atom stereocenters. The molecule has 1 N–H and O–H groups in total. The first-order chi connectivity index (χ1) is 14.0. The number of amides is 3. The van der Waals surface area contributed by atoms with E-state index in [9.17, 15) is 19.2 Å². The number of imide groups is 1. The van der Waals surface area contributed by atoms with Crippen molar-refractivity contribution in [3.05, 3.63) is 60.1 Å². The lowest BCUT2D eigenvalue weighted by atomic mass is 10.0. The second-order valence-corrected chi connectivity index (χ2v) is 7.37. The van der Waals surface area contributed by atoms with Crippen LogP contribution < -0.4 is 5.32 Å². The van der Waals surface area contributed by atoms with E-state index in [1.165, 1.54) is 11.8 Å². The Hall–Kier alpha value is -3.07. The summed E-state index contributed by atoms with van der Waals surface area (Å²) in [6.45, 7) is 0. The summed E-state index contributed by atoms with van der Waals surface area (Å²) in [7, 11) is 0. The van der Waals surface area contributed by atoms with Crippen LogP contribution in [0.2, 0.25) is 0 Å². The van der Waals surface area contributed by atoms with Gasteiger partial charge >= 0.3 is 6.09 Å². The largest absolute Gasteiger partial charge is 0.468 e. The molecular formula is C20H20N2O6S. The summed E-state index contributed by atoms with van der Waals surface area (Å²) in [5.74, 6) is 0.0652. The Labute approximate surface area is 171 Å². The van der Waals surface area contributed by atoms with Gasteiger partial charge in [0.2, 0.25) is 0 Å². The molecule has 152 valence electrons. The molecule has 1 aliphatic heterocycles. The molecule has 0 bridgehead atoms. The van der Waals surface area contributed by atoms with Gasteiger partial charge in [0.1, 0.15) is 5.76 Å². The zero-order valence-corrected chi connectivity index (χ0v) is 16.4. The number of hydrogen-bond donors (Lipinski definition) is 1. The molecule has 2 heterocycles. The van der Waals surface area contributed by atoms with Crippen LogP contribution >= 0.6 is 11.8 Å². The second-order valence-electron chi connectivity index (χ2n) is 6.39. The van der Waals surface area contributed by atoms with Crippen LogP contribution in [0.1, 0.15) is 24.2 Å². The van der Waals surface area contributed by atoms with Crippen LogP contribution in [0.5, 0.6) is 0 Å². The third-order valence-electron chi connectivity index (χ3n) is 4.21. The van der Waals surface area contributed by atoms with Gasteiger partial charge in [0.15, 0.2) is 5.78 Å². The van der Waals surface area contributed by atoms with Gasteiger partial charge in [-0.05, 0) is 24.1 Å². The number of furan rings is 1. The predicted molar refractivity (Wildman–Crippen MR) is 105 cm³/mol. The van der Waals surface area contributed by atoms with Crippen molar-refractivity contribution in [2.24, 2.45) is 0 Å². The van der Waals surface area contributed by atoms with Crippen molar-refractivity contribution in [2.75, 3.05) is 5.75 Å². The highest BCUT2D eigenvalue weighted by molar-refractivity contribution is 7.99. The Morgan fingerprint density at radius 3 is 2.48 bits per heavy atom. The minimum absolute atomic E-state index is 0.00189. The van der Waals surface area contributed by atoms with Gasteiger partial charge in [0.05, 0.1) is 23.8 Å². The topological polar surface area (TPSA) is 106 Å². The van der Waals surface area contributed by atoms with E-state index in [0.717, 1.165) is 11.3 Å². The molecule has 0 saturated carbocycles. The third-order valence-corrected chi connectivity index (χ3v) is 5.19. The highest BCUT2D eigenvalue weighted by atomic mass is 32.2. The van der Waals surface area contributed by atoms with E-state index in [-0.39, 0.29) is 30.8 Å². The maximum absolute atomic E-state index is 12.7. The van der Waals surface area contributed by atoms with Crippen molar-refractivity contribution >= 4 is 35.5 Å². The van der Waals surface area contributed by atoms with Gasteiger partial charge in [0.25, 0.3) is 11.8 Å². The number of nitrogens with one attached hydrogen (secondary N) is 1. The summed E-state index contributed by atoms with van der Waals surface area (Å²) in [5.41, 5.74) is 0.857. The van der Waals surface area contributed by atoms with Crippen LogP contribution in [0.4, 0.5) is 4.79 Å². The van der Waals surface area contributed by atoms with E-state index in [4.69, 9.17) is 9.25 Å². The fourth-order valence-electron chi connectivity index (χ4n) is 2.75. The first-order valence-electron chi connectivity index (χ1n) is 9.04. The molecular weight excluding hydrogens is 396 g/mol. The Kier molecular flexibility index (Phi) is 7.07. The number of Topliss-reactive ketones (excluding diaryl/α,β-unsaturated/α-hetero) is 1. The van der Waals surface area contributed by atoms with Crippen LogP contribution in [0.3, 0.4) is 0 Å². The lowest BCUT2D eigenvalue weighted by Crippen LogP contribution is -2.46. The number of carbonyl (C=O) groups is 4. The average molecular weight is 416 g/mol.